The van der Waals surface area contributed by atoms with E-state index < -0.39 is 0 Å². The zero-order valence-electron chi connectivity index (χ0n) is 14.5. The molecule has 0 fully saturated rings. The number of amides is 2. The van der Waals surface area contributed by atoms with Gasteiger partial charge in [0.25, 0.3) is 11.8 Å². The molecular weight excluding hydrogens is 418 g/mol. The molecule has 26 heavy (non-hydrogen) atoms. The zero-order chi connectivity index (χ0) is 19.3. The molecule has 2 aromatic rings. The van der Waals surface area contributed by atoms with Gasteiger partial charge in [0.2, 0.25) is 0 Å². The summed E-state index contributed by atoms with van der Waals surface area (Å²) in [6.07, 6.45) is 0. The van der Waals surface area contributed by atoms with Gasteiger partial charge in [0.1, 0.15) is 5.75 Å². The van der Waals surface area contributed by atoms with Gasteiger partial charge < -0.3 is 15.0 Å². The predicted molar refractivity (Wildman–Crippen MR) is 109 cm³/mol. The molecule has 0 radical (unpaired) electrons. The lowest BCUT2D eigenvalue weighted by atomic mass is 10.2. The van der Waals surface area contributed by atoms with Crippen LogP contribution in [0.3, 0.4) is 0 Å². The number of hydrogen-bond acceptors (Lipinski definition) is 4. The van der Waals surface area contributed by atoms with Crippen LogP contribution in [0.4, 0.5) is 5.69 Å². The van der Waals surface area contributed by atoms with E-state index in [1.165, 1.54) is 4.90 Å². The minimum Gasteiger partial charge on any atom is -0.496 e. The number of halogens is 1. The number of thiocarbonyl (C=S) groups is 1. The SMILES string of the molecule is COc1ccc(C(=O)NC(=S)Nc2cccc(C(=O)N(C)C)c2)cc1Br. The summed E-state index contributed by atoms with van der Waals surface area (Å²) in [5.74, 6) is 0.155. The maximum atomic E-state index is 12.3. The Morgan fingerprint density at radius 3 is 2.46 bits per heavy atom. The molecule has 0 spiro atoms. The summed E-state index contributed by atoms with van der Waals surface area (Å²) in [5.41, 5.74) is 1.56. The lowest BCUT2D eigenvalue weighted by Crippen LogP contribution is -2.34. The minimum atomic E-state index is -0.355. The molecule has 136 valence electrons. The number of carbonyl (C=O) groups is 2. The molecule has 8 heteroatoms. The highest BCUT2D eigenvalue weighted by molar-refractivity contribution is 9.10. The largest absolute Gasteiger partial charge is 0.496 e. The van der Waals surface area contributed by atoms with Crippen molar-refractivity contribution >= 4 is 50.8 Å². The number of anilines is 1. The van der Waals surface area contributed by atoms with Crippen molar-refractivity contribution in [3.63, 3.8) is 0 Å². The van der Waals surface area contributed by atoms with Crippen LogP contribution >= 0.6 is 28.1 Å². The summed E-state index contributed by atoms with van der Waals surface area (Å²) >= 11 is 8.52. The quantitative estimate of drug-likeness (QED) is 0.720. The van der Waals surface area contributed by atoms with Crippen LogP contribution in [0.15, 0.2) is 46.9 Å². The second kappa shape index (κ2) is 8.77. The molecule has 0 unspecified atom stereocenters. The van der Waals surface area contributed by atoms with Gasteiger partial charge in [0.15, 0.2) is 5.11 Å². The lowest BCUT2D eigenvalue weighted by molar-refractivity contribution is 0.0827. The second-order valence-electron chi connectivity index (χ2n) is 5.54. The fourth-order valence-electron chi connectivity index (χ4n) is 2.13. The number of carbonyl (C=O) groups excluding carboxylic acids is 2. The Bertz CT molecular complexity index is 855. The number of nitrogens with zero attached hydrogens (tertiary/aromatic N) is 1. The fraction of sp³-hybridized carbons (Fsp3) is 0.167. The zero-order valence-corrected chi connectivity index (χ0v) is 16.9. The summed E-state index contributed by atoms with van der Waals surface area (Å²) in [4.78, 5) is 25.8. The van der Waals surface area contributed by atoms with Gasteiger partial charge in [-0.25, -0.2) is 0 Å². The van der Waals surface area contributed by atoms with Gasteiger partial charge in [-0.2, -0.15) is 0 Å². The van der Waals surface area contributed by atoms with Crippen LogP contribution in [0.1, 0.15) is 20.7 Å². The first kappa shape index (κ1) is 19.9. The van der Waals surface area contributed by atoms with Gasteiger partial charge >= 0.3 is 0 Å². The van der Waals surface area contributed by atoms with Gasteiger partial charge in [-0.15, -0.1) is 0 Å². The van der Waals surface area contributed by atoms with Crippen molar-refractivity contribution in [3.8, 4) is 5.75 Å². The van der Waals surface area contributed by atoms with E-state index in [9.17, 15) is 9.59 Å². The Labute approximate surface area is 165 Å². The van der Waals surface area contributed by atoms with Crippen LogP contribution in [-0.4, -0.2) is 43.0 Å². The molecule has 0 aliphatic rings. The molecule has 0 heterocycles. The van der Waals surface area contributed by atoms with E-state index in [0.717, 1.165) is 0 Å². The number of nitrogens with one attached hydrogen (secondary N) is 2. The minimum absolute atomic E-state index is 0.119. The number of rotatable bonds is 4. The Balaban J connectivity index is 2.04. The van der Waals surface area contributed by atoms with Crippen LogP contribution in [0.25, 0.3) is 0 Å². The molecule has 2 amide bonds. The predicted octanol–water partition coefficient (Wildman–Crippen LogP) is 3.29. The number of methoxy groups -OCH3 is 1. The summed E-state index contributed by atoms with van der Waals surface area (Å²) in [7, 11) is 4.91. The topological polar surface area (TPSA) is 70.7 Å². The van der Waals surface area contributed by atoms with Crippen molar-refractivity contribution in [2.45, 2.75) is 0 Å². The Hall–Kier alpha value is -2.45. The fourth-order valence-corrected chi connectivity index (χ4v) is 2.88. The molecule has 0 aliphatic heterocycles. The Morgan fingerprint density at radius 2 is 1.85 bits per heavy atom. The van der Waals surface area contributed by atoms with E-state index in [1.54, 1.807) is 63.7 Å². The van der Waals surface area contributed by atoms with E-state index in [0.29, 0.717) is 27.0 Å². The summed E-state index contributed by atoms with van der Waals surface area (Å²) < 4.78 is 5.81. The molecule has 0 aromatic heterocycles. The summed E-state index contributed by atoms with van der Waals surface area (Å²) in [6.45, 7) is 0. The molecule has 0 saturated heterocycles. The smallest absolute Gasteiger partial charge is 0.257 e. The number of ether oxygens (including phenoxy) is 1. The Kier molecular flexibility index (Phi) is 6.70. The van der Waals surface area contributed by atoms with Crippen molar-refractivity contribution in [1.82, 2.24) is 10.2 Å². The molecule has 0 bridgehead atoms. The monoisotopic (exact) mass is 435 g/mol. The number of hydrogen-bond donors (Lipinski definition) is 2. The van der Waals surface area contributed by atoms with E-state index in [4.69, 9.17) is 17.0 Å². The standard InChI is InChI=1S/C18H18BrN3O3S/c1-22(2)17(24)12-5-4-6-13(9-12)20-18(26)21-16(23)11-7-8-15(25-3)14(19)10-11/h4-10H,1-3H3,(H2,20,21,23,26). The maximum absolute atomic E-state index is 12.3. The third kappa shape index (κ3) is 5.03. The van der Waals surface area contributed by atoms with E-state index in [-0.39, 0.29) is 16.9 Å². The third-order valence-electron chi connectivity index (χ3n) is 3.41. The molecule has 0 aliphatic carbocycles. The number of benzene rings is 2. The molecule has 0 saturated carbocycles. The van der Waals surface area contributed by atoms with Gasteiger partial charge in [-0.1, -0.05) is 6.07 Å². The molecule has 2 N–H and O–H groups in total. The summed E-state index contributed by atoms with van der Waals surface area (Å²) in [6, 6.07) is 11.9. The van der Waals surface area contributed by atoms with Crippen molar-refractivity contribution in [2.75, 3.05) is 26.5 Å². The van der Waals surface area contributed by atoms with Gasteiger partial charge in [0, 0.05) is 30.9 Å². The van der Waals surface area contributed by atoms with Gasteiger partial charge in [-0.05, 0) is 64.5 Å². The average molecular weight is 436 g/mol. The molecule has 2 aromatic carbocycles. The van der Waals surface area contributed by atoms with Gasteiger partial charge in [0.05, 0.1) is 11.6 Å². The van der Waals surface area contributed by atoms with Crippen molar-refractivity contribution in [3.05, 3.63) is 58.1 Å². The van der Waals surface area contributed by atoms with Crippen molar-refractivity contribution in [1.29, 1.82) is 0 Å². The van der Waals surface area contributed by atoms with Crippen LogP contribution in [0.2, 0.25) is 0 Å². The normalized spacial score (nSPS) is 10.0. The first-order valence-electron chi connectivity index (χ1n) is 7.59. The first-order valence-corrected chi connectivity index (χ1v) is 8.79. The molecule has 2 rings (SSSR count). The van der Waals surface area contributed by atoms with Crippen LogP contribution in [0, 0.1) is 0 Å². The highest BCUT2D eigenvalue weighted by atomic mass is 79.9. The second-order valence-corrected chi connectivity index (χ2v) is 6.80. The van der Waals surface area contributed by atoms with E-state index >= 15 is 0 Å². The van der Waals surface area contributed by atoms with Crippen LogP contribution < -0.4 is 15.4 Å². The Morgan fingerprint density at radius 1 is 1.12 bits per heavy atom. The maximum Gasteiger partial charge on any atom is 0.257 e. The molecule has 0 atom stereocenters. The van der Waals surface area contributed by atoms with Crippen molar-refractivity contribution in [2.24, 2.45) is 0 Å². The first-order chi connectivity index (χ1) is 12.3. The van der Waals surface area contributed by atoms with Gasteiger partial charge in [-0.3, -0.25) is 14.9 Å². The average Bonchev–Trinajstić information content (AvgIpc) is 2.60. The summed E-state index contributed by atoms with van der Waals surface area (Å²) in [5, 5.41) is 5.65. The molecular formula is C18H18BrN3O3S. The highest BCUT2D eigenvalue weighted by Crippen LogP contribution is 2.25. The van der Waals surface area contributed by atoms with Crippen LogP contribution in [0.5, 0.6) is 5.75 Å². The highest BCUT2D eigenvalue weighted by Gasteiger charge is 2.12. The van der Waals surface area contributed by atoms with Crippen LogP contribution in [-0.2, 0) is 0 Å². The third-order valence-corrected chi connectivity index (χ3v) is 4.24. The van der Waals surface area contributed by atoms with Crippen molar-refractivity contribution < 1.29 is 14.3 Å². The van der Waals surface area contributed by atoms with E-state index in [1.807, 2.05) is 0 Å². The lowest BCUT2D eigenvalue weighted by Gasteiger charge is -2.13. The molecule has 6 nitrogen and oxygen atoms in total. The van der Waals surface area contributed by atoms with E-state index in [2.05, 4.69) is 26.6 Å².